The van der Waals surface area contributed by atoms with E-state index in [1.807, 2.05) is 0 Å². The van der Waals surface area contributed by atoms with Crippen molar-refractivity contribution in [3.8, 4) is 0 Å². The van der Waals surface area contributed by atoms with Crippen molar-refractivity contribution in [1.82, 2.24) is 5.32 Å². The van der Waals surface area contributed by atoms with Crippen LogP contribution in [0.15, 0.2) is 24.3 Å². The fourth-order valence-electron chi connectivity index (χ4n) is 2.53. The molecule has 0 aliphatic carbocycles. The molecule has 88 valence electrons. The first kappa shape index (κ1) is 11.6. The highest BCUT2D eigenvalue weighted by atomic mass is 19.1. The van der Waals surface area contributed by atoms with Crippen molar-refractivity contribution in [2.45, 2.75) is 25.4 Å². The van der Waals surface area contributed by atoms with Gasteiger partial charge in [0.25, 0.3) is 0 Å². The Morgan fingerprint density at radius 1 is 1.44 bits per heavy atom. The molecule has 2 atom stereocenters. The van der Waals surface area contributed by atoms with Gasteiger partial charge in [-0.3, -0.25) is 0 Å². The summed E-state index contributed by atoms with van der Waals surface area (Å²) in [6.07, 6.45) is 1.61. The van der Waals surface area contributed by atoms with E-state index in [0.29, 0.717) is 6.42 Å². The van der Waals surface area contributed by atoms with Gasteiger partial charge in [-0.2, -0.15) is 0 Å². The Hall–Kier alpha value is -0.930. The number of halogens is 1. The predicted octanol–water partition coefficient (Wildman–Crippen LogP) is 2.03. The largest absolute Gasteiger partial charge is 0.385 e. The topological polar surface area (TPSA) is 32.3 Å². The molecule has 1 aromatic rings. The lowest BCUT2D eigenvalue weighted by molar-refractivity contribution is -0.0478. The van der Waals surface area contributed by atoms with Crippen molar-refractivity contribution in [2.75, 3.05) is 13.1 Å². The van der Waals surface area contributed by atoms with Gasteiger partial charge in [0.2, 0.25) is 0 Å². The van der Waals surface area contributed by atoms with E-state index in [4.69, 9.17) is 0 Å². The monoisotopic (exact) mass is 223 g/mol. The maximum Gasteiger partial charge on any atom is 0.123 e. The lowest BCUT2D eigenvalue weighted by Crippen LogP contribution is -2.47. The molecule has 0 saturated carbocycles. The van der Waals surface area contributed by atoms with E-state index in [-0.39, 0.29) is 11.7 Å². The summed E-state index contributed by atoms with van der Waals surface area (Å²) in [5, 5.41) is 14.0. The molecule has 1 heterocycles. The third-order valence-electron chi connectivity index (χ3n) is 3.59. The van der Waals surface area contributed by atoms with Crippen LogP contribution in [0.25, 0.3) is 0 Å². The number of rotatable bonds is 2. The van der Waals surface area contributed by atoms with Crippen LogP contribution in [0.5, 0.6) is 0 Å². The van der Waals surface area contributed by atoms with Gasteiger partial charge in [-0.05, 0) is 37.1 Å². The summed E-state index contributed by atoms with van der Waals surface area (Å²) in [4.78, 5) is 0. The summed E-state index contributed by atoms with van der Waals surface area (Å²) in [5.41, 5.74) is 0.0375. The number of aliphatic hydroxyl groups is 1. The molecule has 1 aromatic carbocycles. The van der Waals surface area contributed by atoms with Crippen LogP contribution in [-0.2, 0) is 5.60 Å². The van der Waals surface area contributed by atoms with Crippen molar-refractivity contribution in [3.63, 3.8) is 0 Å². The van der Waals surface area contributed by atoms with Crippen molar-refractivity contribution in [2.24, 2.45) is 5.92 Å². The van der Waals surface area contributed by atoms with Gasteiger partial charge in [-0.15, -0.1) is 0 Å². The summed E-state index contributed by atoms with van der Waals surface area (Å²) >= 11 is 0. The van der Waals surface area contributed by atoms with Crippen LogP contribution in [0, 0.1) is 11.7 Å². The SMILES string of the molecule is CCC1CNCCC1(O)c1ccc(F)cc1. The Bertz CT molecular complexity index is 351. The zero-order valence-corrected chi connectivity index (χ0v) is 9.54. The molecular weight excluding hydrogens is 205 g/mol. The number of nitrogens with one attached hydrogen (secondary N) is 1. The van der Waals surface area contributed by atoms with Crippen molar-refractivity contribution in [1.29, 1.82) is 0 Å². The highest BCUT2D eigenvalue weighted by Gasteiger charge is 2.39. The molecule has 2 unspecified atom stereocenters. The third kappa shape index (κ3) is 1.97. The van der Waals surface area contributed by atoms with Crippen LogP contribution >= 0.6 is 0 Å². The van der Waals surface area contributed by atoms with Gasteiger partial charge in [0, 0.05) is 12.5 Å². The molecule has 1 aliphatic rings. The Morgan fingerprint density at radius 2 is 2.12 bits per heavy atom. The second kappa shape index (κ2) is 4.52. The number of hydrogen-bond acceptors (Lipinski definition) is 2. The van der Waals surface area contributed by atoms with E-state index in [1.165, 1.54) is 12.1 Å². The summed E-state index contributed by atoms with van der Waals surface area (Å²) in [6.45, 7) is 3.71. The molecule has 0 spiro atoms. The molecule has 2 nitrogen and oxygen atoms in total. The second-order valence-corrected chi connectivity index (χ2v) is 4.49. The standard InChI is InChI=1S/C13H18FNO/c1-2-10-9-15-8-7-13(10,16)11-3-5-12(14)6-4-11/h3-6,10,15-16H,2,7-9H2,1H3. The van der Waals surface area contributed by atoms with E-state index in [9.17, 15) is 9.50 Å². The van der Waals surface area contributed by atoms with Gasteiger partial charge in [0.1, 0.15) is 5.82 Å². The molecule has 1 saturated heterocycles. The first-order chi connectivity index (χ1) is 7.66. The predicted molar refractivity (Wildman–Crippen MR) is 61.6 cm³/mol. The zero-order valence-electron chi connectivity index (χ0n) is 9.54. The quantitative estimate of drug-likeness (QED) is 0.804. The fraction of sp³-hybridized carbons (Fsp3) is 0.538. The Kier molecular flexibility index (Phi) is 3.26. The average Bonchev–Trinajstić information content (AvgIpc) is 2.30. The van der Waals surface area contributed by atoms with E-state index < -0.39 is 5.60 Å². The lowest BCUT2D eigenvalue weighted by atomic mass is 9.75. The molecule has 1 aliphatic heterocycles. The molecule has 0 aromatic heterocycles. The van der Waals surface area contributed by atoms with E-state index in [0.717, 1.165) is 25.1 Å². The first-order valence-electron chi connectivity index (χ1n) is 5.86. The van der Waals surface area contributed by atoms with Crippen LogP contribution in [0.1, 0.15) is 25.3 Å². The van der Waals surface area contributed by atoms with Gasteiger partial charge in [-0.1, -0.05) is 19.1 Å². The van der Waals surface area contributed by atoms with E-state index >= 15 is 0 Å². The lowest BCUT2D eigenvalue weighted by Gasteiger charge is -2.40. The summed E-state index contributed by atoms with van der Waals surface area (Å²) in [7, 11) is 0. The highest BCUT2D eigenvalue weighted by Crippen LogP contribution is 2.36. The third-order valence-corrected chi connectivity index (χ3v) is 3.59. The highest BCUT2D eigenvalue weighted by molar-refractivity contribution is 5.25. The van der Waals surface area contributed by atoms with Crippen molar-refractivity contribution < 1.29 is 9.50 Å². The van der Waals surface area contributed by atoms with Crippen molar-refractivity contribution in [3.05, 3.63) is 35.6 Å². The normalized spacial score (nSPS) is 30.3. The smallest absolute Gasteiger partial charge is 0.123 e. The van der Waals surface area contributed by atoms with Crippen molar-refractivity contribution >= 4 is 0 Å². The molecule has 0 bridgehead atoms. The Morgan fingerprint density at radius 3 is 2.75 bits per heavy atom. The summed E-state index contributed by atoms with van der Waals surface area (Å²) in [5.74, 6) is -0.0546. The minimum Gasteiger partial charge on any atom is -0.385 e. The maximum atomic E-state index is 12.9. The van der Waals surface area contributed by atoms with Crippen LogP contribution < -0.4 is 5.32 Å². The fourth-order valence-corrected chi connectivity index (χ4v) is 2.53. The van der Waals surface area contributed by atoms with Crippen LogP contribution in [0.3, 0.4) is 0 Å². The minimum absolute atomic E-state index is 0.201. The molecule has 2 rings (SSSR count). The summed E-state index contributed by atoms with van der Waals surface area (Å²) < 4.78 is 12.9. The number of hydrogen-bond donors (Lipinski definition) is 2. The number of benzene rings is 1. The van der Waals surface area contributed by atoms with Gasteiger partial charge >= 0.3 is 0 Å². The minimum atomic E-state index is -0.798. The van der Waals surface area contributed by atoms with Gasteiger partial charge in [0.15, 0.2) is 0 Å². The first-order valence-corrected chi connectivity index (χ1v) is 5.86. The molecule has 2 N–H and O–H groups in total. The molecule has 0 amide bonds. The van der Waals surface area contributed by atoms with Crippen LogP contribution in [-0.4, -0.2) is 18.2 Å². The van der Waals surface area contributed by atoms with E-state index in [2.05, 4.69) is 12.2 Å². The Balaban J connectivity index is 2.31. The van der Waals surface area contributed by atoms with Gasteiger partial charge in [-0.25, -0.2) is 4.39 Å². The van der Waals surface area contributed by atoms with Gasteiger partial charge < -0.3 is 10.4 Å². The van der Waals surface area contributed by atoms with Gasteiger partial charge in [0.05, 0.1) is 5.60 Å². The molecule has 0 radical (unpaired) electrons. The van der Waals surface area contributed by atoms with Crippen LogP contribution in [0.4, 0.5) is 4.39 Å². The maximum absolute atomic E-state index is 12.9. The summed E-state index contributed by atoms with van der Waals surface area (Å²) in [6, 6.07) is 6.23. The molecule has 1 fully saturated rings. The molecular formula is C13H18FNO. The van der Waals surface area contributed by atoms with Crippen LogP contribution in [0.2, 0.25) is 0 Å². The second-order valence-electron chi connectivity index (χ2n) is 4.49. The molecule has 16 heavy (non-hydrogen) atoms. The zero-order chi connectivity index (χ0) is 11.6. The van der Waals surface area contributed by atoms with E-state index in [1.54, 1.807) is 12.1 Å². The Labute approximate surface area is 95.5 Å². The average molecular weight is 223 g/mol. The molecule has 3 heteroatoms. The number of piperidine rings is 1.